The molecule has 0 fully saturated rings. The standard InChI is InChI=1S/C13H17F2NO2/c1-2-9(5-6-17)8-16-13(18)10-3-4-11(14)12(15)7-10/h3-4,7,9,17H,2,5-6,8H2,1H3,(H,16,18). The molecule has 3 nitrogen and oxygen atoms in total. The van der Waals surface area contributed by atoms with Gasteiger partial charge in [-0.05, 0) is 30.5 Å². The molecular weight excluding hydrogens is 240 g/mol. The molecule has 1 amide bonds. The van der Waals surface area contributed by atoms with Crippen LogP contribution >= 0.6 is 0 Å². The average Bonchev–Trinajstić information content (AvgIpc) is 2.37. The van der Waals surface area contributed by atoms with E-state index in [1.54, 1.807) is 0 Å². The van der Waals surface area contributed by atoms with E-state index in [4.69, 9.17) is 5.11 Å². The summed E-state index contributed by atoms with van der Waals surface area (Å²) in [5.41, 5.74) is 0.0905. The number of aliphatic hydroxyl groups is 1. The van der Waals surface area contributed by atoms with Gasteiger partial charge in [0.05, 0.1) is 0 Å². The quantitative estimate of drug-likeness (QED) is 0.820. The van der Waals surface area contributed by atoms with Crippen molar-refractivity contribution in [3.8, 4) is 0 Å². The molecule has 2 N–H and O–H groups in total. The number of nitrogens with one attached hydrogen (secondary N) is 1. The predicted molar refractivity (Wildman–Crippen MR) is 64.2 cm³/mol. The topological polar surface area (TPSA) is 49.3 Å². The van der Waals surface area contributed by atoms with Crippen LogP contribution in [-0.2, 0) is 0 Å². The number of halogens is 2. The van der Waals surface area contributed by atoms with Crippen molar-refractivity contribution < 1.29 is 18.7 Å². The Morgan fingerprint density at radius 1 is 1.39 bits per heavy atom. The number of carbonyl (C=O) groups excluding carboxylic acids is 1. The molecule has 0 saturated carbocycles. The summed E-state index contributed by atoms with van der Waals surface area (Å²) in [6.45, 7) is 2.44. The Labute approximate surface area is 105 Å². The van der Waals surface area contributed by atoms with Gasteiger partial charge in [-0.2, -0.15) is 0 Å². The Morgan fingerprint density at radius 3 is 2.67 bits per heavy atom. The molecule has 0 aromatic heterocycles. The van der Waals surface area contributed by atoms with Crippen LogP contribution in [0.25, 0.3) is 0 Å². The highest BCUT2D eigenvalue weighted by atomic mass is 19.2. The van der Waals surface area contributed by atoms with Gasteiger partial charge in [-0.15, -0.1) is 0 Å². The molecule has 1 rings (SSSR count). The minimum atomic E-state index is -1.04. The Morgan fingerprint density at radius 2 is 2.11 bits per heavy atom. The lowest BCUT2D eigenvalue weighted by molar-refractivity contribution is 0.0943. The van der Waals surface area contributed by atoms with Gasteiger partial charge in [0.1, 0.15) is 0 Å². The zero-order valence-corrected chi connectivity index (χ0v) is 10.2. The van der Waals surface area contributed by atoms with Crippen LogP contribution in [-0.4, -0.2) is 24.2 Å². The molecular formula is C13H17F2NO2. The summed E-state index contributed by atoms with van der Waals surface area (Å²) in [6.07, 6.45) is 1.44. The maximum atomic E-state index is 12.9. The minimum absolute atomic E-state index is 0.0690. The van der Waals surface area contributed by atoms with Gasteiger partial charge in [-0.3, -0.25) is 4.79 Å². The van der Waals surface area contributed by atoms with Crippen molar-refractivity contribution in [1.82, 2.24) is 5.32 Å². The number of hydrogen-bond acceptors (Lipinski definition) is 2. The normalized spacial score (nSPS) is 12.2. The Hall–Kier alpha value is -1.49. The molecule has 5 heteroatoms. The van der Waals surface area contributed by atoms with Crippen LogP contribution < -0.4 is 5.32 Å². The first-order valence-electron chi connectivity index (χ1n) is 5.92. The van der Waals surface area contributed by atoms with Crippen LogP contribution in [0, 0.1) is 17.6 Å². The van der Waals surface area contributed by atoms with Crippen LogP contribution in [0.4, 0.5) is 8.78 Å². The third-order valence-electron chi connectivity index (χ3n) is 2.85. The number of amides is 1. The smallest absolute Gasteiger partial charge is 0.251 e. The summed E-state index contributed by atoms with van der Waals surface area (Å²) >= 11 is 0. The van der Waals surface area contributed by atoms with Gasteiger partial charge in [0.15, 0.2) is 11.6 Å². The van der Waals surface area contributed by atoms with Crippen LogP contribution in [0.2, 0.25) is 0 Å². The zero-order chi connectivity index (χ0) is 13.5. The molecule has 1 aromatic rings. The van der Waals surface area contributed by atoms with Crippen molar-refractivity contribution in [3.05, 3.63) is 35.4 Å². The largest absolute Gasteiger partial charge is 0.396 e. The predicted octanol–water partition coefficient (Wildman–Crippen LogP) is 2.10. The first-order chi connectivity index (χ1) is 8.58. The monoisotopic (exact) mass is 257 g/mol. The number of rotatable bonds is 6. The number of carbonyl (C=O) groups is 1. The number of benzene rings is 1. The lowest BCUT2D eigenvalue weighted by Crippen LogP contribution is -2.29. The first-order valence-corrected chi connectivity index (χ1v) is 5.92. The van der Waals surface area contributed by atoms with E-state index in [9.17, 15) is 13.6 Å². The van der Waals surface area contributed by atoms with E-state index in [0.717, 1.165) is 18.6 Å². The van der Waals surface area contributed by atoms with Gasteiger partial charge in [-0.1, -0.05) is 13.3 Å². The van der Waals surface area contributed by atoms with Crippen LogP contribution in [0.1, 0.15) is 30.1 Å². The van der Waals surface area contributed by atoms with E-state index in [2.05, 4.69) is 5.32 Å². The maximum absolute atomic E-state index is 12.9. The zero-order valence-electron chi connectivity index (χ0n) is 10.2. The van der Waals surface area contributed by atoms with Gasteiger partial charge >= 0.3 is 0 Å². The van der Waals surface area contributed by atoms with Crippen molar-refractivity contribution in [2.45, 2.75) is 19.8 Å². The van der Waals surface area contributed by atoms with Crippen molar-refractivity contribution >= 4 is 5.91 Å². The van der Waals surface area contributed by atoms with E-state index in [1.165, 1.54) is 6.07 Å². The van der Waals surface area contributed by atoms with Gasteiger partial charge in [-0.25, -0.2) is 8.78 Å². The van der Waals surface area contributed by atoms with Crippen molar-refractivity contribution in [2.24, 2.45) is 5.92 Å². The van der Waals surface area contributed by atoms with Crippen LogP contribution in [0.5, 0.6) is 0 Å². The number of hydrogen-bond donors (Lipinski definition) is 2. The van der Waals surface area contributed by atoms with Gasteiger partial charge in [0.25, 0.3) is 5.91 Å². The fraction of sp³-hybridized carbons (Fsp3) is 0.462. The van der Waals surface area contributed by atoms with Gasteiger partial charge in [0, 0.05) is 18.7 Å². The van der Waals surface area contributed by atoms with E-state index < -0.39 is 17.5 Å². The van der Waals surface area contributed by atoms with Gasteiger partial charge < -0.3 is 10.4 Å². The second-order valence-corrected chi connectivity index (χ2v) is 4.13. The molecule has 0 heterocycles. The highest BCUT2D eigenvalue weighted by molar-refractivity contribution is 5.94. The average molecular weight is 257 g/mol. The molecule has 1 aromatic carbocycles. The second kappa shape index (κ2) is 7.06. The SMILES string of the molecule is CCC(CCO)CNC(=O)c1ccc(F)c(F)c1. The van der Waals surface area contributed by atoms with Gasteiger partial charge in [0.2, 0.25) is 0 Å². The Kier molecular flexibility index (Phi) is 5.71. The molecule has 1 unspecified atom stereocenters. The Balaban J connectivity index is 2.57. The fourth-order valence-corrected chi connectivity index (χ4v) is 1.61. The highest BCUT2D eigenvalue weighted by Crippen LogP contribution is 2.10. The lowest BCUT2D eigenvalue weighted by atomic mass is 10.0. The van der Waals surface area contributed by atoms with E-state index >= 15 is 0 Å². The third-order valence-corrected chi connectivity index (χ3v) is 2.85. The van der Waals surface area contributed by atoms with Crippen LogP contribution in [0.15, 0.2) is 18.2 Å². The van der Waals surface area contributed by atoms with E-state index in [1.807, 2.05) is 6.92 Å². The summed E-state index contributed by atoms with van der Waals surface area (Å²) in [5.74, 6) is -2.27. The molecule has 0 saturated heterocycles. The third kappa shape index (κ3) is 4.07. The molecule has 0 spiro atoms. The number of aliphatic hydroxyl groups excluding tert-OH is 1. The lowest BCUT2D eigenvalue weighted by Gasteiger charge is -2.14. The first kappa shape index (κ1) is 14.6. The summed E-state index contributed by atoms with van der Waals surface area (Å²) in [7, 11) is 0. The van der Waals surface area contributed by atoms with Crippen molar-refractivity contribution in [3.63, 3.8) is 0 Å². The van der Waals surface area contributed by atoms with E-state index in [-0.39, 0.29) is 18.1 Å². The summed E-state index contributed by atoms with van der Waals surface area (Å²) < 4.78 is 25.6. The molecule has 18 heavy (non-hydrogen) atoms. The summed E-state index contributed by atoms with van der Waals surface area (Å²) in [5, 5.41) is 11.5. The molecule has 100 valence electrons. The fourth-order valence-electron chi connectivity index (χ4n) is 1.61. The molecule has 1 atom stereocenters. The summed E-state index contributed by atoms with van der Waals surface area (Å²) in [6, 6.07) is 3.04. The van der Waals surface area contributed by atoms with E-state index in [0.29, 0.717) is 13.0 Å². The molecule has 0 aliphatic carbocycles. The molecule has 0 aliphatic rings. The highest BCUT2D eigenvalue weighted by Gasteiger charge is 2.11. The maximum Gasteiger partial charge on any atom is 0.251 e. The van der Waals surface area contributed by atoms with Crippen molar-refractivity contribution in [2.75, 3.05) is 13.2 Å². The van der Waals surface area contributed by atoms with Crippen LogP contribution in [0.3, 0.4) is 0 Å². The minimum Gasteiger partial charge on any atom is -0.396 e. The Bertz CT molecular complexity index is 410. The second-order valence-electron chi connectivity index (χ2n) is 4.13. The van der Waals surface area contributed by atoms with Crippen molar-refractivity contribution in [1.29, 1.82) is 0 Å². The molecule has 0 radical (unpaired) electrons. The molecule has 0 bridgehead atoms. The molecule has 0 aliphatic heterocycles. The summed E-state index contributed by atoms with van der Waals surface area (Å²) in [4.78, 5) is 11.7.